The SMILES string of the molecule is C[C@H](Sc1nnc(-c2cccs2)o1)C(=O)Nc1ccc2c(c1)OCO2. The molecule has 1 aliphatic heterocycles. The second kappa shape index (κ2) is 6.77. The lowest BCUT2D eigenvalue weighted by Crippen LogP contribution is -2.22. The fourth-order valence-electron chi connectivity index (χ4n) is 2.18. The predicted molar refractivity (Wildman–Crippen MR) is 94.1 cm³/mol. The highest BCUT2D eigenvalue weighted by Crippen LogP contribution is 2.34. The number of thiophene rings is 1. The summed E-state index contributed by atoms with van der Waals surface area (Å²) < 4.78 is 16.2. The van der Waals surface area contributed by atoms with Crippen molar-refractivity contribution < 1.29 is 18.7 Å². The minimum absolute atomic E-state index is 0.167. The Kier molecular flexibility index (Phi) is 4.33. The fourth-order valence-corrected chi connectivity index (χ4v) is 3.51. The molecule has 0 spiro atoms. The molecule has 1 aromatic carbocycles. The van der Waals surface area contributed by atoms with Crippen LogP contribution in [0.5, 0.6) is 11.5 Å². The van der Waals surface area contributed by atoms with Gasteiger partial charge in [0, 0.05) is 11.8 Å². The predicted octanol–water partition coefficient (Wildman–Crippen LogP) is 3.65. The Morgan fingerprint density at radius 1 is 1.28 bits per heavy atom. The number of nitrogens with one attached hydrogen (secondary N) is 1. The van der Waals surface area contributed by atoms with E-state index in [9.17, 15) is 4.79 Å². The fraction of sp³-hybridized carbons (Fsp3) is 0.188. The summed E-state index contributed by atoms with van der Waals surface area (Å²) in [6.45, 7) is 1.98. The number of rotatable bonds is 5. The number of anilines is 1. The molecule has 0 fully saturated rings. The highest BCUT2D eigenvalue weighted by atomic mass is 32.2. The van der Waals surface area contributed by atoms with Gasteiger partial charge in [0.2, 0.25) is 12.7 Å². The number of carbonyl (C=O) groups is 1. The molecule has 3 aromatic rings. The molecule has 0 saturated carbocycles. The van der Waals surface area contributed by atoms with E-state index in [2.05, 4.69) is 15.5 Å². The van der Waals surface area contributed by atoms with Crippen molar-refractivity contribution in [2.45, 2.75) is 17.4 Å². The standard InChI is InChI=1S/C16H13N3O4S2/c1-9(25-16-19-18-15(23-16)13-3-2-6-24-13)14(20)17-10-4-5-11-12(7-10)22-8-21-11/h2-7,9H,8H2,1H3,(H,17,20)/t9-/m0/s1. The molecule has 0 saturated heterocycles. The van der Waals surface area contributed by atoms with E-state index in [1.165, 1.54) is 23.1 Å². The molecule has 1 atom stereocenters. The third-order valence-electron chi connectivity index (χ3n) is 3.43. The molecule has 3 heterocycles. The molecule has 25 heavy (non-hydrogen) atoms. The summed E-state index contributed by atoms with van der Waals surface area (Å²) in [4.78, 5) is 13.3. The van der Waals surface area contributed by atoms with Crippen LogP contribution in [0.25, 0.3) is 10.8 Å². The van der Waals surface area contributed by atoms with E-state index in [0.29, 0.717) is 28.3 Å². The Balaban J connectivity index is 1.39. The molecule has 1 N–H and O–H groups in total. The number of amides is 1. The quantitative estimate of drug-likeness (QED) is 0.681. The van der Waals surface area contributed by atoms with E-state index in [1.807, 2.05) is 17.5 Å². The van der Waals surface area contributed by atoms with Gasteiger partial charge in [0.05, 0.1) is 10.1 Å². The molecular weight excluding hydrogens is 362 g/mol. The van der Waals surface area contributed by atoms with E-state index in [-0.39, 0.29) is 12.7 Å². The second-order valence-electron chi connectivity index (χ2n) is 5.17. The lowest BCUT2D eigenvalue weighted by molar-refractivity contribution is -0.115. The summed E-state index contributed by atoms with van der Waals surface area (Å²) in [5, 5.41) is 12.7. The van der Waals surface area contributed by atoms with Crippen LogP contribution in [0.1, 0.15) is 6.92 Å². The van der Waals surface area contributed by atoms with Gasteiger partial charge in [-0.3, -0.25) is 4.79 Å². The van der Waals surface area contributed by atoms with Crippen molar-refractivity contribution >= 4 is 34.7 Å². The summed E-state index contributed by atoms with van der Waals surface area (Å²) >= 11 is 2.73. The van der Waals surface area contributed by atoms with Crippen molar-refractivity contribution in [3.63, 3.8) is 0 Å². The van der Waals surface area contributed by atoms with Gasteiger partial charge < -0.3 is 19.2 Å². The molecule has 1 amide bonds. The normalized spacial score (nSPS) is 13.6. The van der Waals surface area contributed by atoms with Gasteiger partial charge in [-0.05, 0) is 30.5 Å². The third-order valence-corrected chi connectivity index (χ3v) is 5.22. The average molecular weight is 375 g/mol. The first-order chi connectivity index (χ1) is 12.2. The lowest BCUT2D eigenvalue weighted by atomic mass is 10.2. The maximum atomic E-state index is 12.4. The van der Waals surface area contributed by atoms with Gasteiger partial charge >= 0.3 is 0 Å². The van der Waals surface area contributed by atoms with E-state index >= 15 is 0 Å². The zero-order valence-electron chi connectivity index (χ0n) is 13.1. The Bertz CT molecular complexity index is 895. The Morgan fingerprint density at radius 3 is 3.00 bits per heavy atom. The van der Waals surface area contributed by atoms with Gasteiger partial charge in [0.15, 0.2) is 11.5 Å². The van der Waals surface area contributed by atoms with E-state index in [4.69, 9.17) is 13.9 Å². The number of nitrogens with zero attached hydrogens (tertiary/aromatic N) is 2. The first kappa shape index (κ1) is 16.0. The van der Waals surface area contributed by atoms with Crippen LogP contribution in [0.2, 0.25) is 0 Å². The maximum absolute atomic E-state index is 12.4. The van der Waals surface area contributed by atoms with Crippen LogP contribution in [0.15, 0.2) is 45.4 Å². The molecule has 0 unspecified atom stereocenters. The number of carbonyl (C=O) groups excluding carboxylic acids is 1. The lowest BCUT2D eigenvalue weighted by Gasteiger charge is -2.10. The van der Waals surface area contributed by atoms with E-state index in [1.54, 1.807) is 25.1 Å². The van der Waals surface area contributed by atoms with Crippen molar-refractivity contribution in [2.24, 2.45) is 0 Å². The number of hydrogen-bond donors (Lipinski definition) is 1. The van der Waals surface area contributed by atoms with Gasteiger partial charge in [-0.15, -0.1) is 21.5 Å². The molecule has 4 rings (SSSR count). The van der Waals surface area contributed by atoms with Crippen LogP contribution < -0.4 is 14.8 Å². The highest BCUT2D eigenvalue weighted by Gasteiger charge is 2.20. The van der Waals surface area contributed by atoms with Crippen LogP contribution >= 0.6 is 23.1 Å². The maximum Gasteiger partial charge on any atom is 0.277 e. The largest absolute Gasteiger partial charge is 0.454 e. The van der Waals surface area contributed by atoms with Gasteiger partial charge in [-0.25, -0.2) is 0 Å². The van der Waals surface area contributed by atoms with Gasteiger partial charge in [0.25, 0.3) is 11.1 Å². The molecule has 0 bridgehead atoms. The number of fused-ring (bicyclic) bond motifs is 1. The topological polar surface area (TPSA) is 86.5 Å². The summed E-state index contributed by atoms with van der Waals surface area (Å²) in [6, 6.07) is 9.09. The number of benzene rings is 1. The number of aromatic nitrogens is 2. The van der Waals surface area contributed by atoms with E-state index in [0.717, 1.165) is 4.88 Å². The summed E-state index contributed by atoms with van der Waals surface area (Å²) in [5.41, 5.74) is 0.645. The molecular formula is C16H13N3O4S2. The van der Waals surface area contributed by atoms with Crippen molar-refractivity contribution in [2.75, 3.05) is 12.1 Å². The number of thioether (sulfide) groups is 1. The number of ether oxygens (including phenoxy) is 2. The third kappa shape index (κ3) is 3.47. The second-order valence-corrected chi connectivity index (χ2v) is 7.41. The summed E-state index contributed by atoms with van der Waals surface area (Å²) in [5.74, 6) is 1.59. The van der Waals surface area contributed by atoms with Crippen molar-refractivity contribution in [3.05, 3.63) is 35.7 Å². The smallest absolute Gasteiger partial charge is 0.277 e. The Hall–Kier alpha value is -2.52. The van der Waals surface area contributed by atoms with Gasteiger partial charge in [-0.1, -0.05) is 17.8 Å². The van der Waals surface area contributed by atoms with Crippen LogP contribution in [-0.4, -0.2) is 28.1 Å². The molecule has 2 aromatic heterocycles. The van der Waals surface area contributed by atoms with Crippen LogP contribution in [0, 0.1) is 0 Å². The zero-order chi connectivity index (χ0) is 17.2. The van der Waals surface area contributed by atoms with Crippen LogP contribution in [0.3, 0.4) is 0 Å². The molecule has 0 radical (unpaired) electrons. The number of hydrogen-bond acceptors (Lipinski definition) is 8. The summed E-state index contributed by atoms with van der Waals surface area (Å²) in [6.07, 6.45) is 0. The van der Waals surface area contributed by atoms with Crippen LogP contribution in [-0.2, 0) is 4.79 Å². The highest BCUT2D eigenvalue weighted by molar-refractivity contribution is 8.00. The molecule has 1 aliphatic rings. The average Bonchev–Trinajstić information content (AvgIpc) is 3.35. The summed E-state index contributed by atoms with van der Waals surface area (Å²) in [7, 11) is 0. The molecule has 128 valence electrons. The van der Waals surface area contributed by atoms with Crippen molar-refractivity contribution in [3.8, 4) is 22.3 Å². The Labute approximate surface area is 151 Å². The molecule has 9 heteroatoms. The first-order valence-electron chi connectivity index (χ1n) is 7.43. The van der Waals surface area contributed by atoms with Crippen LogP contribution in [0.4, 0.5) is 5.69 Å². The Morgan fingerprint density at radius 2 is 2.16 bits per heavy atom. The zero-order valence-corrected chi connectivity index (χ0v) is 14.7. The van der Waals surface area contributed by atoms with Crippen molar-refractivity contribution in [1.82, 2.24) is 10.2 Å². The monoisotopic (exact) mass is 375 g/mol. The van der Waals surface area contributed by atoms with Crippen molar-refractivity contribution in [1.29, 1.82) is 0 Å². The minimum atomic E-state index is -0.401. The van der Waals surface area contributed by atoms with E-state index < -0.39 is 5.25 Å². The first-order valence-corrected chi connectivity index (χ1v) is 9.19. The van der Waals surface area contributed by atoms with Gasteiger partial charge in [-0.2, -0.15) is 0 Å². The molecule has 0 aliphatic carbocycles. The minimum Gasteiger partial charge on any atom is -0.454 e. The van der Waals surface area contributed by atoms with Gasteiger partial charge in [0.1, 0.15) is 0 Å². The molecule has 7 nitrogen and oxygen atoms in total.